The van der Waals surface area contributed by atoms with Gasteiger partial charge in [-0.15, -0.1) is 0 Å². The van der Waals surface area contributed by atoms with Gasteiger partial charge in [0.2, 0.25) is 0 Å². The molecule has 1 aromatic heterocycles. The van der Waals surface area contributed by atoms with E-state index in [0.29, 0.717) is 11.8 Å². The fourth-order valence-corrected chi connectivity index (χ4v) is 3.11. The van der Waals surface area contributed by atoms with Crippen LogP contribution in [-0.4, -0.2) is 9.97 Å². The summed E-state index contributed by atoms with van der Waals surface area (Å²) < 4.78 is 0. The minimum absolute atomic E-state index is 0.381. The molecule has 1 heterocycles. The predicted molar refractivity (Wildman–Crippen MR) is 79.0 cm³/mol. The number of aryl methyl sites for hydroxylation is 1. The summed E-state index contributed by atoms with van der Waals surface area (Å²) in [6, 6.07) is 0. The molecular formula is C15H26N4. The first kappa shape index (κ1) is 14.3. The highest BCUT2D eigenvalue weighted by atomic mass is 15.3. The normalized spacial score (nSPS) is 23.7. The summed E-state index contributed by atoms with van der Waals surface area (Å²) >= 11 is 0. The average molecular weight is 262 g/mol. The molecule has 1 aliphatic rings. The van der Waals surface area contributed by atoms with Crippen molar-refractivity contribution in [2.24, 2.45) is 11.8 Å². The van der Waals surface area contributed by atoms with E-state index in [2.05, 4.69) is 38.1 Å². The summed E-state index contributed by atoms with van der Waals surface area (Å²) in [6.07, 6.45) is 4.96. The van der Waals surface area contributed by atoms with Crippen molar-refractivity contribution in [3.05, 3.63) is 17.1 Å². The van der Waals surface area contributed by atoms with E-state index in [-0.39, 0.29) is 0 Å². The maximum atomic E-state index is 5.64. The van der Waals surface area contributed by atoms with Crippen molar-refractivity contribution in [1.29, 1.82) is 0 Å². The van der Waals surface area contributed by atoms with Gasteiger partial charge in [0.05, 0.1) is 0 Å². The van der Waals surface area contributed by atoms with Gasteiger partial charge in [-0.3, -0.25) is 0 Å². The Labute approximate surface area is 116 Å². The second-order valence-electron chi connectivity index (χ2n) is 6.19. The van der Waals surface area contributed by atoms with Crippen LogP contribution in [0, 0.1) is 12.8 Å². The lowest BCUT2D eigenvalue weighted by Gasteiger charge is -2.26. The Morgan fingerprint density at radius 2 is 1.79 bits per heavy atom. The van der Waals surface area contributed by atoms with Crippen LogP contribution < -0.4 is 11.3 Å². The topological polar surface area (TPSA) is 63.8 Å². The van der Waals surface area contributed by atoms with Crippen molar-refractivity contribution in [2.45, 2.75) is 65.2 Å². The van der Waals surface area contributed by atoms with Gasteiger partial charge in [-0.2, -0.15) is 0 Å². The second kappa shape index (κ2) is 5.87. The standard InChI is InChI=1S/C15H26N4/c1-9(2)13-11(4)17-14(18-15(13)19-16)12-7-5-10(3)6-8-12/h9-10,12H,5-8,16H2,1-4H3,(H,17,18,19). The van der Waals surface area contributed by atoms with E-state index in [1.54, 1.807) is 0 Å². The van der Waals surface area contributed by atoms with Crippen molar-refractivity contribution in [3.63, 3.8) is 0 Å². The molecule has 106 valence electrons. The number of hydrogen-bond acceptors (Lipinski definition) is 4. The fourth-order valence-electron chi connectivity index (χ4n) is 3.11. The number of hydrazine groups is 1. The molecule has 0 saturated heterocycles. The molecule has 0 aliphatic heterocycles. The van der Waals surface area contributed by atoms with Crippen molar-refractivity contribution >= 4 is 5.82 Å². The second-order valence-corrected chi connectivity index (χ2v) is 6.19. The van der Waals surface area contributed by atoms with Crippen LogP contribution in [0.5, 0.6) is 0 Å². The van der Waals surface area contributed by atoms with Gasteiger partial charge in [-0.1, -0.05) is 33.6 Å². The Balaban J connectivity index is 2.30. The lowest BCUT2D eigenvalue weighted by atomic mass is 9.82. The van der Waals surface area contributed by atoms with E-state index >= 15 is 0 Å². The number of aromatic nitrogens is 2. The first-order valence-corrected chi connectivity index (χ1v) is 7.38. The highest BCUT2D eigenvalue weighted by molar-refractivity contribution is 5.47. The molecule has 2 rings (SSSR count). The lowest BCUT2D eigenvalue weighted by Crippen LogP contribution is -2.19. The van der Waals surface area contributed by atoms with Gasteiger partial charge in [0, 0.05) is 17.2 Å². The maximum Gasteiger partial charge on any atom is 0.147 e. The zero-order valence-electron chi connectivity index (χ0n) is 12.5. The highest BCUT2D eigenvalue weighted by Gasteiger charge is 2.24. The summed E-state index contributed by atoms with van der Waals surface area (Å²) in [5.74, 6) is 9.14. The van der Waals surface area contributed by atoms with E-state index < -0.39 is 0 Å². The van der Waals surface area contributed by atoms with Crippen LogP contribution in [-0.2, 0) is 0 Å². The third kappa shape index (κ3) is 3.06. The number of rotatable bonds is 3. The third-order valence-electron chi connectivity index (χ3n) is 4.25. The van der Waals surface area contributed by atoms with Gasteiger partial charge in [-0.25, -0.2) is 15.8 Å². The summed E-state index contributed by atoms with van der Waals surface area (Å²) in [5.41, 5.74) is 4.95. The number of anilines is 1. The number of nitrogen functional groups attached to an aromatic ring is 1. The van der Waals surface area contributed by atoms with Crippen LogP contribution in [0.1, 0.15) is 75.4 Å². The molecule has 0 bridgehead atoms. The number of nitrogens with zero attached hydrogens (tertiary/aromatic N) is 2. The minimum Gasteiger partial charge on any atom is -0.308 e. The van der Waals surface area contributed by atoms with Crippen molar-refractivity contribution in [3.8, 4) is 0 Å². The molecule has 0 atom stereocenters. The van der Waals surface area contributed by atoms with Crippen LogP contribution in [0.4, 0.5) is 5.82 Å². The summed E-state index contributed by atoms with van der Waals surface area (Å²) in [4.78, 5) is 9.42. The minimum atomic E-state index is 0.381. The SMILES string of the molecule is Cc1nc(C2CCC(C)CC2)nc(NN)c1C(C)C. The van der Waals surface area contributed by atoms with Gasteiger partial charge < -0.3 is 5.43 Å². The average Bonchev–Trinajstić information content (AvgIpc) is 2.38. The van der Waals surface area contributed by atoms with Gasteiger partial charge in [0.1, 0.15) is 11.6 Å². The third-order valence-corrected chi connectivity index (χ3v) is 4.25. The van der Waals surface area contributed by atoms with Crippen molar-refractivity contribution in [1.82, 2.24) is 9.97 Å². The lowest BCUT2D eigenvalue weighted by molar-refractivity contribution is 0.339. The van der Waals surface area contributed by atoms with E-state index in [4.69, 9.17) is 10.8 Å². The quantitative estimate of drug-likeness (QED) is 0.646. The van der Waals surface area contributed by atoms with Crippen molar-refractivity contribution < 1.29 is 0 Å². The largest absolute Gasteiger partial charge is 0.308 e. The molecule has 4 nitrogen and oxygen atoms in total. The molecule has 1 aromatic rings. The number of nitrogens with one attached hydrogen (secondary N) is 1. The number of hydrogen-bond donors (Lipinski definition) is 2. The van der Waals surface area contributed by atoms with Gasteiger partial charge in [-0.05, 0) is 31.6 Å². The molecule has 1 aliphatic carbocycles. The van der Waals surface area contributed by atoms with Gasteiger partial charge in [0.15, 0.2) is 0 Å². The van der Waals surface area contributed by atoms with Crippen LogP contribution in [0.15, 0.2) is 0 Å². The Hall–Kier alpha value is -1.16. The van der Waals surface area contributed by atoms with E-state index in [1.807, 2.05) is 0 Å². The first-order chi connectivity index (χ1) is 9.02. The molecule has 0 amide bonds. The molecule has 1 saturated carbocycles. The Bertz CT molecular complexity index is 434. The summed E-state index contributed by atoms with van der Waals surface area (Å²) in [7, 11) is 0. The molecule has 0 radical (unpaired) electrons. The Morgan fingerprint density at radius 1 is 1.16 bits per heavy atom. The van der Waals surface area contributed by atoms with E-state index in [0.717, 1.165) is 28.8 Å². The smallest absolute Gasteiger partial charge is 0.147 e. The monoisotopic (exact) mass is 262 g/mol. The Kier molecular flexibility index (Phi) is 4.40. The van der Waals surface area contributed by atoms with E-state index in [1.165, 1.54) is 25.7 Å². The number of nitrogens with two attached hydrogens (primary N) is 1. The molecule has 19 heavy (non-hydrogen) atoms. The van der Waals surface area contributed by atoms with Crippen LogP contribution in [0.25, 0.3) is 0 Å². The zero-order valence-corrected chi connectivity index (χ0v) is 12.5. The first-order valence-electron chi connectivity index (χ1n) is 7.38. The molecule has 3 N–H and O–H groups in total. The Morgan fingerprint density at radius 3 is 2.32 bits per heavy atom. The predicted octanol–water partition coefficient (Wildman–Crippen LogP) is 3.49. The molecule has 0 unspecified atom stereocenters. The highest BCUT2D eigenvalue weighted by Crippen LogP contribution is 2.35. The fraction of sp³-hybridized carbons (Fsp3) is 0.733. The maximum absolute atomic E-state index is 5.64. The molecule has 0 spiro atoms. The molecular weight excluding hydrogens is 236 g/mol. The van der Waals surface area contributed by atoms with E-state index in [9.17, 15) is 0 Å². The van der Waals surface area contributed by atoms with Crippen LogP contribution in [0.3, 0.4) is 0 Å². The van der Waals surface area contributed by atoms with Crippen LogP contribution >= 0.6 is 0 Å². The van der Waals surface area contributed by atoms with Crippen LogP contribution in [0.2, 0.25) is 0 Å². The summed E-state index contributed by atoms with van der Waals surface area (Å²) in [6.45, 7) is 8.69. The molecule has 0 aromatic carbocycles. The van der Waals surface area contributed by atoms with Gasteiger partial charge in [0.25, 0.3) is 0 Å². The summed E-state index contributed by atoms with van der Waals surface area (Å²) in [5, 5.41) is 0. The molecule has 1 fully saturated rings. The zero-order chi connectivity index (χ0) is 14.0. The van der Waals surface area contributed by atoms with Crippen molar-refractivity contribution in [2.75, 3.05) is 5.43 Å². The van der Waals surface area contributed by atoms with Gasteiger partial charge >= 0.3 is 0 Å². The molecule has 4 heteroatoms.